The highest BCUT2D eigenvalue weighted by Crippen LogP contribution is 2.34. The summed E-state index contributed by atoms with van der Waals surface area (Å²) in [5.74, 6) is -2.26. The van der Waals surface area contributed by atoms with Gasteiger partial charge in [0.05, 0.1) is 18.9 Å². The van der Waals surface area contributed by atoms with Gasteiger partial charge in [-0.1, -0.05) is 18.2 Å². The summed E-state index contributed by atoms with van der Waals surface area (Å²) in [5, 5.41) is 2.57. The van der Waals surface area contributed by atoms with Crippen LogP contribution in [-0.4, -0.2) is 48.9 Å². The number of benzene rings is 1. The maximum atomic E-state index is 12.3. The van der Waals surface area contributed by atoms with Crippen LogP contribution in [0.15, 0.2) is 36.4 Å². The number of methoxy groups -OCH3 is 1. The molecule has 2 atom stereocenters. The van der Waals surface area contributed by atoms with E-state index >= 15 is 0 Å². The molecule has 0 saturated carbocycles. The fourth-order valence-corrected chi connectivity index (χ4v) is 3.24. The van der Waals surface area contributed by atoms with Crippen LogP contribution in [0.5, 0.6) is 5.75 Å². The number of hydrogen-bond acceptors (Lipinski definition) is 6. The summed E-state index contributed by atoms with van der Waals surface area (Å²) in [7, 11) is 1.51. The predicted octanol–water partition coefficient (Wildman–Crippen LogP) is 1.13. The van der Waals surface area contributed by atoms with Gasteiger partial charge in [0, 0.05) is 11.8 Å². The monoisotopic (exact) mass is 372 g/mol. The third-order valence-electron chi connectivity index (χ3n) is 4.60. The van der Waals surface area contributed by atoms with Gasteiger partial charge >= 0.3 is 5.97 Å². The first-order chi connectivity index (χ1) is 13.0. The summed E-state index contributed by atoms with van der Waals surface area (Å²) in [6.07, 6.45) is 4.75. The molecule has 1 N–H and O–H groups in total. The lowest BCUT2D eigenvalue weighted by Crippen LogP contribution is -2.37. The topological polar surface area (TPSA) is 102 Å². The zero-order valence-electron chi connectivity index (χ0n) is 14.8. The Morgan fingerprint density at radius 3 is 2.44 bits per heavy atom. The minimum atomic E-state index is -0.802. The third kappa shape index (κ3) is 4.16. The minimum Gasteiger partial charge on any atom is -0.497 e. The van der Waals surface area contributed by atoms with Crippen molar-refractivity contribution in [3.63, 3.8) is 0 Å². The van der Waals surface area contributed by atoms with E-state index in [9.17, 15) is 19.2 Å². The number of carbonyl (C=O) groups excluding carboxylic acids is 4. The van der Waals surface area contributed by atoms with E-state index in [0.29, 0.717) is 24.3 Å². The lowest BCUT2D eigenvalue weighted by Gasteiger charge is -2.14. The molecule has 2 aliphatic rings. The molecule has 8 nitrogen and oxygen atoms in total. The summed E-state index contributed by atoms with van der Waals surface area (Å²) < 4.78 is 9.96. The van der Waals surface area contributed by atoms with Gasteiger partial charge < -0.3 is 14.8 Å². The van der Waals surface area contributed by atoms with E-state index in [1.807, 2.05) is 12.2 Å². The molecule has 0 unspecified atom stereocenters. The highest BCUT2D eigenvalue weighted by atomic mass is 16.5. The molecule has 1 aliphatic carbocycles. The molecule has 8 heteroatoms. The van der Waals surface area contributed by atoms with Gasteiger partial charge in [0.1, 0.15) is 12.3 Å². The van der Waals surface area contributed by atoms with Gasteiger partial charge in [-0.3, -0.25) is 24.1 Å². The number of amides is 3. The number of rotatable bonds is 6. The molecule has 1 heterocycles. The smallest absolute Gasteiger partial charge is 0.326 e. The molecule has 1 aromatic carbocycles. The molecule has 3 rings (SSSR count). The van der Waals surface area contributed by atoms with Gasteiger partial charge in [-0.15, -0.1) is 0 Å². The molecule has 1 aliphatic heterocycles. The fourth-order valence-electron chi connectivity index (χ4n) is 3.24. The molecular formula is C19H20N2O6. The Bertz CT molecular complexity index is 777. The van der Waals surface area contributed by atoms with Gasteiger partial charge in [0.15, 0.2) is 6.61 Å². The number of esters is 1. The first-order valence-electron chi connectivity index (χ1n) is 8.59. The van der Waals surface area contributed by atoms with Crippen LogP contribution in [0.4, 0.5) is 5.69 Å². The van der Waals surface area contributed by atoms with Gasteiger partial charge in [-0.2, -0.15) is 0 Å². The molecule has 0 spiro atoms. The quantitative estimate of drug-likeness (QED) is 0.456. The zero-order valence-corrected chi connectivity index (χ0v) is 14.8. The van der Waals surface area contributed by atoms with Crippen LogP contribution in [0.1, 0.15) is 12.8 Å². The summed E-state index contributed by atoms with van der Waals surface area (Å²) in [6, 6.07) is 6.73. The lowest BCUT2D eigenvalue weighted by atomic mass is 9.85. The lowest BCUT2D eigenvalue weighted by molar-refractivity contribution is -0.154. The second-order valence-corrected chi connectivity index (χ2v) is 6.36. The Hall–Kier alpha value is -3.16. The van der Waals surface area contributed by atoms with Crippen molar-refractivity contribution in [1.29, 1.82) is 0 Å². The van der Waals surface area contributed by atoms with E-state index in [1.165, 1.54) is 7.11 Å². The van der Waals surface area contributed by atoms with E-state index in [2.05, 4.69) is 5.32 Å². The fraction of sp³-hybridized carbons (Fsp3) is 0.368. The van der Waals surface area contributed by atoms with Gasteiger partial charge in [-0.05, 0) is 25.0 Å². The van der Waals surface area contributed by atoms with Crippen molar-refractivity contribution in [1.82, 2.24) is 4.90 Å². The number of anilines is 1. The highest BCUT2D eigenvalue weighted by Gasteiger charge is 2.47. The third-order valence-corrected chi connectivity index (χ3v) is 4.60. The van der Waals surface area contributed by atoms with Crippen molar-refractivity contribution in [3.05, 3.63) is 36.4 Å². The number of hydrogen-bond donors (Lipinski definition) is 1. The number of imide groups is 1. The maximum absolute atomic E-state index is 12.3. The summed E-state index contributed by atoms with van der Waals surface area (Å²) in [5.41, 5.74) is 0.497. The molecular weight excluding hydrogens is 352 g/mol. The van der Waals surface area contributed by atoms with Crippen LogP contribution in [0, 0.1) is 11.8 Å². The molecule has 0 radical (unpaired) electrons. The van der Waals surface area contributed by atoms with E-state index in [0.717, 1.165) is 4.90 Å². The molecule has 142 valence electrons. The van der Waals surface area contributed by atoms with E-state index < -0.39 is 36.9 Å². The first kappa shape index (κ1) is 18.6. The summed E-state index contributed by atoms with van der Waals surface area (Å²) >= 11 is 0. The molecule has 1 fully saturated rings. The van der Waals surface area contributed by atoms with Crippen LogP contribution < -0.4 is 10.1 Å². The second kappa shape index (κ2) is 8.03. The van der Waals surface area contributed by atoms with Crippen molar-refractivity contribution in [3.8, 4) is 5.75 Å². The van der Waals surface area contributed by atoms with Crippen LogP contribution in [0.25, 0.3) is 0 Å². The average Bonchev–Trinajstić information content (AvgIpc) is 2.92. The standard InChI is InChI=1S/C19H20N2O6/c1-26-13-6-4-5-12(9-13)20-16(22)11-27-17(23)10-21-18(24)14-7-2-3-8-15(14)19(21)25/h2-6,9,14-15H,7-8,10-11H2,1H3,(H,20,22)/t14-,15+. The van der Waals surface area contributed by atoms with Crippen molar-refractivity contribution < 1.29 is 28.7 Å². The summed E-state index contributed by atoms with van der Waals surface area (Å²) in [4.78, 5) is 49.4. The average molecular weight is 372 g/mol. The van der Waals surface area contributed by atoms with E-state index in [-0.39, 0.29) is 11.8 Å². The molecule has 1 saturated heterocycles. The molecule has 3 amide bonds. The van der Waals surface area contributed by atoms with Gasteiger partial charge in [0.2, 0.25) is 11.8 Å². The molecule has 0 aromatic heterocycles. The zero-order chi connectivity index (χ0) is 19.4. The largest absolute Gasteiger partial charge is 0.497 e. The van der Waals surface area contributed by atoms with E-state index in [4.69, 9.17) is 9.47 Å². The van der Waals surface area contributed by atoms with Crippen LogP contribution in [0.3, 0.4) is 0 Å². The van der Waals surface area contributed by atoms with Crippen molar-refractivity contribution in [2.24, 2.45) is 11.8 Å². The predicted molar refractivity (Wildman–Crippen MR) is 94.7 cm³/mol. The molecule has 27 heavy (non-hydrogen) atoms. The Labute approximate surface area is 156 Å². The van der Waals surface area contributed by atoms with Crippen molar-refractivity contribution in [2.45, 2.75) is 12.8 Å². The van der Waals surface area contributed by atoms with Crippen LogP contribution in [0.2, 0.25) is 0 Å². The molecule has 0 bridgehead atoms. The van der Waals surface area contributed by atoms with E-state index in [1.54, 1.807) is 24.3 Å². The number of nitrogens with zero attached hydrogens (tertiary/aromatic N) is 1. The Morgan fingerprint density at radius 2 is 1.81 bits per heavy atom. The van der Waals surface area contributed by atoms with Gasteiger partial charge in [0.25, 0.3) is 5.91 Å². The Kier molecular flexibility index (Phi) is 5.54. The second-order valence-electron chi connectivity index (χ2n) is 6.36. The maximum Gasteiger partial charge on any atom is 0.326 e. The van der Waals surface area contributed by atoms with Crippen LogP contribution >= 0.6 is 0 Å². The first-order valence-corrected chi connectivity index (χ1v) is 8.59. The SMILES string of the molecule is COc1cccc(NC(=O)COC(=O)CN2C(=O)[C@H]3CC=CC[C@H]3C2=O)c1. The number of fused-ring (bicyclic) bond motifs is 1. The number of carbonyl (C=O) groups is 4. The number of nitrogens with one attached hydrogen (secondary N) is 1. The highest BCUT2D eigenvalue weighted by molar-refractivity contribution is 6.07. The number of allylic oxidation sites excluding steroid dienone is 2. The Balaban J connectivity index is 1.49. The van der Waals surface area contributed by atoms with Gasteiger partial charge in [-0.25, -0.2) is 0 Å². The van der Waals surface area contributed by atoms with Crippen molar-refractivity contribution in [2.75, 3.05) is 25.6 Å². The number of likely N-dealkylation sites (tertiary alicyclic amines) is 1. The number of ether oxygens (including phenoxy) is 2. The Morgan fingerprint density at radius 1 is 1.15 bits per heavy atom. The normalized spacial score (nSPS) is 21.0. The summed E-state index contributed by atoms with van der Waals surface area (Å²) in [6.45, 7) is -0.988. The minimum absolute atomic E-state index is 0.355. The van der Waals surface area contributed by atoms with Crippen LogP contribution in [-0.2, 0) is 23.9 Å². The van der Waals surface area contributed by atoms with Crippen molar-refractivity contribution >= 4 is 29.4 Å². The molecule has 1 aromatic rings.